The highest BCUT2D eigenvalue weighted by Crippen LogP contribution is 2.27. The fraction of sp³-hybridized carbons (Fsp3) is 0.412. The van der Waals surface area contributed by atoms with Crippen LogP contribution in [-0.2, 0) is 11.3 Å². The summed E-state index contributed by atoms with van der Waals surface area (Å²) in [6, 6.07) is 8.60. The predicted octanol–water partition coefficient (Wildman–Crippen LogP) is -1.02. The number of hydrogen-bond acceptors (Lipinski definition) is 6. The Bertz CT molecular complexity index is 874. The first-order valence-corrected chi connectivity index (χ1v) is 7.93. The average Bonchev–Trinajstić information content (AvgIpc) is 2.88. The number of ether oxygens (including phenoxy) is 1. The molecule has 8 heteroatoms. The molecular weight excluding hydrogens is 328 g/mol. The molecule has 25 heavy (non-hydrogen) atoms. The molecule has 0 bridgehead atoms. The molecule has 8 nitrogen and oxygen atoms in total. The van der Waals surface area contributed by atoms with E-state index in [0.717, 1.165) is 20.3 Å². The van der Waals surface area contributed by atoms with Crippen molar-refractivity contribution < 1.29 is 20.1 Å². The average molecular weight is 348 g/mol. The van der Waals surface area contributed by atoms with Crippen molar-refractivity contribution in [2.75, 3.05) is 6.61 Å². The molecule has 0 saturated carbocycles. The van der Waals surface area contributed by atoms with Gasteiger partial charge in [-0.25, -0.2) is 4.79 Å². The maximum absolute atomic E-state index is 12.7. The third kappa shape index (κ3) is 3.16. The molecule has 4 atom stereocenters. The lowest BCUT2D eigenvalue weighted by Gasteiger charge is -2.19. The van der Waals surface area contributed by atoms with Crippen molar-refractivity contribution in [1.29, 1.82) is 0 Å². The Morgan fingerprint density at radius 2 is 1.84 bits per heavy atom. The summed E-state index contributed by atoms with van der Waals surface area (Å²) in [6.45, 7) is 1.47. The maximum Gasteiger partial charge on any atom is 0.333 e. The summed E-state index contributed by atoms with van der Waals surface area (Å²) in [4.78, 5) is 24.9. The standard InChI is InChI=1S/C17H20N2O6/c1-10-4-2-3-5-11(10)8-19-13(21)6-7-18(17(19)24)16-15(23)14(22)12(9-20)25-16/h2-7,12,14-16,20,22-23H,8-9H2,1H3/t12-,14-,15-,16?/m1/s1. The zero-order valence-electron chi connectivity index (χ0n) is 13.6. The molecule has 1 aliphatic rings. The van der Waals surface area contributed by atoms with Crippen LogP contribution in [0.1, 0.15) is 17.4 Å². The van der Waals surface area contributed by atoms with Crippen LogP contribution >= 0.6 is 0 Å². The number of aromatic nitrogens is 2. The topological polar surface area (TPSA) is 114 Å². The van der Waals surface area contributed by atoms with E-state index < -0.39 is 42.4 Å². The largest absolute Gasteiger partial charge is 0.394 e. The number of aliphatic hydroxyl groups is 3. The van der Waals surface area contributed by atoms with Gasteiger partial charge in [-0.1, -0.05) is 24.3 Å². The number of rotatable bonds is 4. The summed E-state index contributed by atoms with van der Waals surface area (Å²) in [7, 11) is 0. The highest BCUT2D eigenvalue weighted by Gasteiger charge is 2.43. The van der Waals surface area contributed by atoms with Gasteiger partial charge in [0.15, 0.2) is 6.23 Å². The Morgan fingerprint density at radius 1 is 1.12 bits per heavy atom. The minimum absolute atomic E-state index is 0.0833. The van der Waals surface area contributed by atoms with Crippen LogP contribution in [0.2, 0.25) is 0 Å². The van der Waals surface area contributed by atoms with Crippen LogP contribution in [-0.4, -0.2) is 49.4 Å². The molecule has 0 spiro atoms. The van der Waals surface area contributed by atoms with Gasteiger partial charge in [-0.05, 0) is 18.1 Å². The summed E-state index contributed by atoms with van der Waals surface area (Å²) in [5.41, 5.74) is 0.625. The summed E-state index contributed by atoms with van der Waals surface area (Å²) >= 11 is 0. The van der Waals surface area contributed by atoms with Gasteiger partial charge in [0.2, 0.25) is 0 Å². The van der Waals surface area contributed by atoms with Gasteiger partial charge in [0, 0.05) is 12.3 Å². The van der Waals surface area contributed by atoms with Gasteiger partial charge >= 0.3 is 5.69 Å². The van der Waals surface area contributed by atoms with Crippen molar-refractivity contribution in [1.82, 2.24) is 9.13 Å². The molecule has 3 N–H and O–H groups in total. The summed E-state index contributed by atoms with van der Waals surface area (Å²) in [6.07, 6.45) is -3.66. The second-order valence-electron chi connectivity index (χ2n) is 6.09. The molecule has 1 saturated heterocycles. The molecule has 1 fully saturated rings. The second-order valence-corrected chi connectivity index (χ2v) is 6.09. The lowest BCUT2D eigenvalue weighted by atomic mass is 10.1. The van der Waals surface area contributed by atoms with E-state index in [4.69, 9.17) is 4.74 Å². The molecule has 134 valence electrons. The molecule has 1 aromatic heterocycles. The molecule has 1 aliphatic heterocycles. The zero-order chi connectivity index (χ0) is 18.1. The lowest BCUT2D eigenvalue weighted by molar-refractivity contribution is -0.0555. The van der Waals surface area contributed by atoms with Crippen LogP contribution in [0.5, 0.6) is 0 Å². The number of hydrogen-bond donors (Lipinski definition) is 3. The molecule has 1 unspecified atom stereocenters. The quantitative estimate of drug-likeness (QED) is 0.652. The zero-order valence-corrected chi connectivity index (χ0v) is 13.6. The van der Waals surface area contributed by atoms with Crippen molar-refractivity contribution in [3.63, 3.8) is 0 Å². The van der Waals surface area contributed by atoms with E-state index in [1.54, 1.807) is 0 Å². The Kier molecular flexibility index (Phi) is 4.87. The van der Waals surface area contributed by atoms with E-state index in [2.05, 4.69) is 0 Å². The molecule has 0 aliphatic carbocycles. The van der Waals surface area contributed by atoms with E-state index in [9.17, 15) is 24.9 Å². The minimum Gasteiger partial charge on any atom is -0.394 e. The van der Waals surface area contributed by atoms with Crippen LogP contribution in [0, 0.1) is 6.92 Å². The molecular formula is C17H20N2O6. The van der Waals surface area contributed by atoms with Gasteiger partial charge in [-0.3, -0.25) is 13.9 Å². The van der Waals surface area contributed by atoms with E-state index >= 15 is 0 Å². The predicted molar refractivity (Wildman–Crippen MR) is 88.3 cm³/mol. The van der Waals surface area contributed by atoms with Gasteiger partial charge in [-0.2, -0.15) is 0 Å². The number of aliphatic hydroxyl groups excluding tert-OH is 3. The van der Waals surface area contributed by atoms with Crippen molar-refractivity contribution in [3.8, 4) is 0 Å². The minimum atomic E-state index is -1.39. The summed E-state index contributed by atoms with van der Waals surface area (Å²) < 4.78 is 7.47. The van der Waals surface area contributed by atoms with Gasteiger partial charge < -0.3 is 20.1 Å². The van der Waals surface area contributed by atoms with Crippen LogP contribution in [0.4, 0.5) is 0 Å². The molecule has 2 aromatic rings. The van der Waals surface area contributed by atoms with Gasteiger partial charge in [0.25, 0.3) is 5.56 Å². The third-order valence-corrected chi connectivity index (χ3v) is 4.48. The highest BCUT2D eigenvalue weighted by molar-refractivity contribution is 5.25. The maximum atomic E-state index is 12.7. The number of benzene rings is 1. The highest BCUT2D eigenvalue weighted by atomic mass is 16.6. The first-order valence-electron chi connectivity index (χ1n) is 7.93. The molecule has 0 amide bonds. The van der Waals surface area contributed by atoms with Gasteiger partial charge in [0.1, 0.15) is 18.3 Å². The van der Waals surface area contributed by atoms with Crippen molar-refractivity contribution in [3.05, 3.63) is 68.5 Å². The van der Waals surface area contributed by atoms with Crippen LogP contribution in [0.3, 0.4) is 0 Å². The smallest absolute Gasteiger partial charge is 0.333 e. The molecule has 3 rings (SSSR count). The Hall–Kier alpha value is -2.26. The lowest BCUT2D eigenvalue weighted by Crippen LogP contribution is -2.43. The molecule has 0 radical (unpaired) electrons. The van der Waals surface area contributed by atoms with Crippen LogP contribution in [0.25, 0.3) is 0 Å². The van der Waals surface area contributed by atoms with Gasteiger partial charge in [-0.15, -0.1) is 0 Å². The fourth-order valence-corrected chi connectivity index (χ4v) is 2.94. The van der Waals surface area contributed by atoms with E-state index in [-0.39, 0.29) is 6.54 Å². The van der Waals surface area contributed by atoms with Crippen molar-refractivity contribution in [2.45, 2.75) is 38.0 Å². The Morgan fingerprint density at radius 3 is 2.48 bits per heavy atom. The van der Waals surface area contributed by atoms with Crippen LogP contribution < -0.4 is 11.2 Å². The summed E-state index contributed by atoms with van der Waals surface area (Å²) in [5, 5.41) is 29.1. The Labute approximate surface area is 143 Å². The SMILES string of the molecule is Cc1ccccc1Cn1c(=O)ccn(C2O[C@H](CO)[C@@H](O)[C@H]2O)c1=O. The normalized spacial score (nSPS) is 26.1. The summed E-state index contributed by atoms with van der Waals surface area (Å²) in [5.74, 6) is 0. The van der Waals surface area contributed by atoms with Gasteiger partial charge in [0.05, 0.1) is 13.2 Å². The Balaban J connectivity index is 2.00. The van der Waals surface area contributed by atoms with Crippen molar-refractivity contribution in [2.24, 2.45) is 0 Å². The fourth-order valence-electron chi connectivity index (χ4n) is 2.94. The first kappa shape index (κ1) is 17.6. The van der Waals surface area contributed by atoms with E-state index in [1.807, 2.05) is 31.2 Å². The van der Waals surface area contributed by atoms with E-state index in [1.165, 1.54) is 12.3 Å². The molecule has 2 heterocycles. The van der Waals surface area contributed by atoms with Crippen molar-refractivity contribution >= 4 is 0 Å². The van der Waals surface area contributed by atoms with Crippen LogP contribution in [0.15, 0.2) is 46.1 Å². The monoisotopic (exact) mass is 348 g/mol. The number of aryl methyl sites for hydroxylation is 1. The second kappa shape index (κ2) is 6.93. The van der Waals surface area contributed by atoms with E-state index in [0.29, 0.717) is 0 Å². The number of nitrogens with zero attached hydrogens (tertiary/aromatic N) is 2. The molecule has 1 aromatic carbocycles. The first-order chi connectivity index (χ1) is 11.9. The third-order valence-electron chi connectivity index (χ3n) is 4.48.